The Bertz CT molecular complexity index is 981. The summed E-state index contributed by atoms with van der Waals surface area (Å²) in [5.74, 6) is 0.0392. The summed E-state index contributed by atoms with van der Waals surface area (Å²) in [5.41, 5.74) is 4.74. The van der Waals surface area contributed by atoms with Gasteiger partial charge in [0.25, 0.3) is 5.91 Å². The maximum absolute atomic E-state index is 12.8. The zero-order chi connectivity index (χ0) is 18.8. The maximum atomic E-state index is 12.8. The molecule has 0 saturated carbocycles. The standard InChI is InChI=1S/C22H23ClN2O/c1-5-25(4)22(26)17-12-13-20(16-9-6-8-14(2)21(16)17)24-19-11-7-10-18(23)15(19)3/h6-13,24H,5H2,1-4H3. The number of halogens is 1. The van der Waals surface area contributed by atoms with Crippen LogP contribution < -0.4 is 5.32 Å². The summed E-state index contributed by atoms with van der Waals surface area (Å²) in [6.45, 7) is 6.68. The molecule has 0 saturated heterocycles. The molecule has 0 fully saturated rings. The summed E-state index contributed by atoms with van der Waals surface area (Å²) >= 11 is 6.25. The molecule has 3 aromatic carbocycles. The Kier molecular flexibility index (Phi) is 5.19. The molecule has 0 aliphatic heterocycles. The number of aryl methyl sites for hydroxylation is 1. The smallest absolute Gasteiger partial charge is 0.254 e. The first-order chi connectivity index (χ1) is 12.4. The molecule has 0 bridgehead atoms. The quantitative estimate of drug-likeness (QED) is 0.619. The number of hydrogen-bond donors (Lipinski definition) is 1. The van der Waals surface area contributed by atoms with Crippen LogP contribution in [0.2, 0.25) is 5.02 Å². The highest BCUT2D eigenvalue weighted by Crippen LogP contribution is 2.33. The third-order valence-electron chi connectivity index (χ3n) is 4.84. The Morgan fingerprint density at radius 3 is 2.50 bits per heavy atom. The highest BCUT2D eigenvalue weighted by Gasteiger charge is 2.17. The number of carbonyl (C=O) groups excluding carboxylic acids is 1. The van der Waals surface area contributed by atoms with E-state index in [0.717, 1.165) is 43.9 Å². The van der Waals surface area contributed by atoms with E-state index in [2.05, 4.69) is 5.32 Å². The highest BCUT2D eigenvalue weighted by molar-refractivity contribution is 6.31. The molecule has 0 heterocycles. The molecule has 3 nitrogen and oxygen atoms in total. The number of nitrogens with one attached hydrogen (secondary N) is 1. The van der Waals surface area contributed by atoms with Crippen LogP contribution in [-0.4, -0.2) is 24.4 Å². The number of fused-ring (bicyclic) bond motifs is 1. The van der Waals surface area contributed by atoms with Crippen LogP contribution in [-0.2, 0) is 0 Å². The minimum atomic E-state index is 0.0392. The molecule has 0 aliphatic carbocycles. The van der Waals surface area contributed by atoms with Crippen molar-refractivity contribution in [3.8, 4) is 0 Å². The van der Waals surface area contributed by atoms with E-state index in [1.165, 1.54) is 0 Å². The topological polar surface area (TPSA) is 32.3 Å². The molecule has 26 heavy (non-hydrogen) atoms. The minimum absolute atomic E-state index is 0.0392. The van der Waals surface area contributed by atoms with Crippen molar-refractivity contribution in [2.24, 2.45) is 0 Å². The van der Waals surface area contributed by atoms with Gasteiger partial charge in [-0.25, -0.2) is 0 Å². The van der Waals surface area contributed by atoms with Crippen LogP contribution in [0.15, 0.2) is 48.5 Å². The molecule has 1 N–H and O–H groups in total. The Morgan fingerprint density at radius 1 is 1.04 bits per heavy atom. The molecule has 0 radical (unpaired) electrons. The Hall–Kier alpha value is -2.52. The SMILES string of the molecule is CCN(C)C(=O)c1ccc(Nc2cccc(Cl)c2C)c2cccc(C)c12. The van der Waals surface area contributed by atoms with Crippen LogP contribution in [0.3, 0.4) is 0 Å². The average molecular weight is 367 g/mol. The summed E-state index contributed by atoms with van der Waals surface area (Å²) in [7, 11) is 1.83. The van der Waals surface area contributed by atoms with E-state index in [1.807, 2.05) is 76.3 Å². The normalized spacial score (nSPS) is 10.8. The number of nitrogens with zero attached hydrogens (tertiary/aromatic N) is 1. The monoisotopic (exact) mass is 366 g/mol. The molecular weight excluding hydrogens is 344 g/mol. The third-order valence-corrected chi connectivity index (χ3v) is 5.25. The van der Waals surface area contributed by atoms with Crippen LogP contribution >= 0.6 is 11.6 Å². The summed E-state index contributed by atoms with van der Waals surface area (Å²) in [5, 5.41) is 6.23. The van der Waals surface area contributed by atoms with Gasteiger partial charge < -0.3 is 10.2 Å². The van der Waals surface area contributed by atoms with Gasteiger partial charge in [-0.2, -0.15) is 0 Å². The highest BCUT2D eigenvalue weighted by atomic mass is 35.5. The second-order valence-corrected chi connectivity index (χ2v) is 6.92. The number of amides is 1. The predicted molar refractivity (Wildman–Crippen MR) is 111 cm³/mol. The fourth-order valence-electron chi connectivity index (χ4n) is 3.11. The van der Waals surface area contributed by atoms with Gasteiger partial charge in [0.1, 0.15) is 0 Å². The first kappa shape index (κ1) is 18.3. The summed E-state index contributed by atoms with van der Waals surface area (Å²) in [6.07, 6.45) is 0. The lowest BCUT2D eigenvalue weighted by Gasteiger charge is -2.19. The van der Waals surface area contributed by atoms with E-state index in [0.29, 0.717) is 6.54 Å². The molecule has 3 aromatic rings. The summed E-state index contributed by atoms with van der Waals surface area (Å²) in [6, 6.07) is 15.8. The fraction of sp³-hybridized carbons (Fsp3) is 0.227. The van der Waals surface area contributed by atoms with Crippen molar-refractivity contribution in [1.29, 1.82) is 0 Å². The van der Waals surface area contributed by atoms with E-state index >= 15 is 0 Å². The van der Waals surface area contributed by atoms with Gasteiger partial charge in [-0.15, -0.1) is 0 Å². The molecule has 0 spiro atoms. The predicted octanol–water partition coefficient (Wildman–Crippen LogP) is 5.95. The van der Waals surface area contributed by atoms with Gasteiger partial charge in [-0.05, 0) is 61.5 Å². The molecule has 134 valence electrons. The van der Waals surface area contributed by atoms with Crippen molar-refractivity contribution in [1.82, 2.24) is 4.90 Å². The Labute approximate surface area is 159 Å². The molecule has 0 atom stereocenters. The van der Waals surface area contributed by atoms with Gasteiger partial charge in [0.15, 0.2) is 0 Å². The molecule has 0 aliphatic rings. The Morgan fingerprint density at radius 2 is 1.77 bits per heavy atom. The average Bonchev–Trinajstić information content (AvgIpc) is 2.64. The van der Waals surface area contributed by atoms with Crippen molar-refractivity contribution in [3.05, 3.63) is 70.2 Å². The summed E-state index contributed by atoms with van der Waals surface area (Å²) < 4.78 is 0. The van der Waals surface area contributed by atoms with Crippen molar-refractivity contribution in [3.63, 3.8) is 0 Å². The first-order valence-corrected chi connectivity index (χ1v) is 9.11. The number of anilines is 2. The largest absolute Gasteiger partial charge is 0.355 e. The van der Waals surface area contributed by atoms with E-state index in [-0.39, 0.29) is 5.91 Å². The Balaban J connectivity index is 2.16. The lowest BCUT2D eigenvalue weighted by Crippen LogP contribution is -2.26. The van der Waals surface area contributed by atoms with Crippen LogP contribution in [0.1, 0.15) is 28.4 Å². The lowest BCUT2D eigenvalue weighted by molar-refractivity contribution is 0.0804. The maximum Gasteiger partial charge on any atom is 0.254 e. The fourth-order valence-corrected chi connectivity index (χ4v) is 3.29. The van der Waals surface area contributed by atoms with Gasteiger partial charge in [0.05, 0.1) is 0 Å². The number of hydrogen-bond acceptors (Lipinski definition) is 2. The minimum Gasteiger partial charge on any atom is -0.355 e. The third kappa shape index (κ3) is 3.27. The second kappa shape index (κ2) is 7.38. The molecule has 1 amide bonds. The van der Waals surface area contributed by atoms with Crippen molar-refractivity contribution >= 4 is 39.7 Å². The zero-order valence-electron chi connectivity index (χ0n) is 15.6. The second-order valence-electron chi connectivity index (χ2n) is 6.51. The van der Waals surface area contributed by atoms with Crippen LogP contribution in [0.25, 0.3) is 10.8 Å². The van der Waals surface area contributed by atoms with E-state index < -0.39 is 0 Å². The molecular formula is C22H23ClN2O. The van der Waals surface area contributed by atoms with Crippen molar-refractivity contribution in [2.45, 2.75) is 20.8 Å². The number of rotatable bonds is 4. The molecule has 0 unspecified atom stereocenters. The van der Waals surface area contributed by atoms with Gasteiger partial charge in [-0.1, -0.05) is 35.9 Å². The summed E-state index contributed by atoms with van der Waals surface area (Å²) in [4.78, 5) is 14.5. The van der Waals surface area contributed by atoms with Crippen molar-refractivity contribution < 1.29 is 4.79 Å². The van der Waals surface area contributed by atoms with Crippen LogP contribution in [0.4, 0.5) is 11.4 Å². The lowest BCUT2D eigenvalue weighted by atomic mass is 9.97. The molecule has 3 rings (SSSR count). The van der Waals surface area contributed by atoms with Crippen LogP contribution in [0, 0.1) is 13.8 Å². The number of benzene rings is 3. The van der Waals surface area contributed by atoms with Gasteiger partial charge in [-0.3, -0.25) is 4.79 Å². The van der Waals surface area contributed by atoms with E-state index in [1.54, 1.807) is 4.90 Å². The first-order valence-electron chi connectivity index (χ1n) is 8.74. The molecule has 0 aromatic heterocycles. The van der Waals surface area contributed by atoms with Gasteiger partial charge in [0, 0.05) is 40.9 Å². The molecule has 4 heteroatoms. The zero-order valence-corrected chi connectivity index (χ0v) is 16.3. The number of carbonyl (C=O) groups is 1. The van der Waals surface area contributed by atoms with Crippen LogP contribution in [0.5, 0.6) is 0 Å². The van der Waals surface area contributed by atoms with E-state index in [9.17, 15) is 4.79 Å². The van der Waals surface area contributed by atoms with E-state index in [4.69, 9.17) is 11.6 Å². The van der Waals surface area contributed by atoms with Crippen molar-refractivity contribution in [2.75, 3.05) is 18.9 Å². The van der Waals surface area contributed by atoms with Gasteiger partial charge >= 0.3 is 0 Å². The van der Waals surface area contributed by atoms with Gasteiger partial charge in [0.2, 0.25) is 0 Å².